The summed E-state index contributed by atoms with van der Waals surface area (Å²) in [4.78, 5) is 24.0. The molecule has 0 aromatic heterocycles. The van der Waals surface area contributed by atoms with E-state index in [-0.39, 0.29) is 0 Å². The smallest absolute Gasteiger partial charge is 0.331 e. The number of anilines is 1. The van der Waals surface area contributed by atoms with Crippen molar-refractivity contribution < 1.29 is 23.8 Å². The number of hydrogen-bond acceptors (Lipinski definition) is 5. The summed E-state index contributed by atoms with van der Waals surface area (Å²) in [5, 5.41) is 2.68. The molecular formula is C21H23NO5. The first-order chi connectivity index (χ1) is 13.0. The van der Waals surface area contributed by atoms with E-state index in [2.05, 4.69) is 5.32 Å². The van der Waals surface area contributed by atoms with Crippen LogP contribution >= 0.6 is 0 Å². The zero-order chi connectivity index (χ0) is 19.6. The number of rotatable bonds is 8. The van der Waals surface area contributed by atoms with Gasteiger partial charge in [0.15, 0.2) is 6.10 Å². The van der Waals surface area contributed by atoms with Crippen LogP contribution in [0.3, 0.4) is 0 Å². The molecule has 27 heavy (non-hydrogen) atoms. The van der Waals surface area contributed by atoms with Crippen LogP contribution in [0.4, 0.5) is 5.69 Å². The molecule has 0 bridgehead atoms. The number of amides is 1. The summed E-state index contributed by atoms with van der Waals surface area (Å²) >= 11 is 0. The van der Waals surface area contributed by atoms with E-state index in [4.69, 9.17) is 14.2 Å². The quantitative estimate of drug-likeness (QED) is 0.568. The highest BCUT2D eigenvalue weighted by atomic mass is 16.5. The molecule has 6 heteroatoms. The molecule has 0 spiro atoms. The second-order valence-electron chi connectivity index (χ2n) is 5.63. The number of benzene rings is 2. The van der Waals surface area contributed by atoms with Crippen LogP contribution in [0.2, 0.25) is 0 Å². The van der Waals surface area contributed by atoms with Crippen LogP contribution in [-0.2, 0) is 14.3 Å². The molecule has 0 aliphatic carbocycles. The molecule has 1 N–H and O–H groups in total. The number of methoxy groups -OCH3 is 1. The van der Waals surface area contributed by atoms with Crippen LogP contribution in [0.25, 0.3) is 6.08 Å². The molecule has 1 atom stereocenters. The Kier molecular flexibility index (Phi) is 7.43. The third-order valence-electron chi connectivity index (χ3n) is 3.62. The minimum atomic E-state index is -0.926. The predicted molar refractivity (Wildman–Crippen MR) is 104 cm³/mol. The van der Waals surface area contributed by atoms with Crippen molar-refractivity contribution in [2.45, 2.75) is 20.0 Å². The second-order valence-corrected chi connectivity index (χ2v) is 5.63. The van der Waals surface area contributed by atoms with Crippen molar-refractivity contribution in [3.8, 4) is 11.5 Å². The number of esters is 1. The molecule has 0 saturated carbocycles. The summed E-state index contributed by atoms with van der Waals surface area (Å²) in [5.74, 6) is 0.442. The summed E-state index contributed by atoms with van der Waals surface area (Å²) < 4.78 is 15.5. The molecule has 2 rings (SSSR count). The van der Waals surface area contributed by atoms with Crippen molar-refractivity contribution in [1.82, 2.24) is 0 Å². The summed E-state index contributed by atoms with van der Waals surface area (Å²) in [6.07, 6.45) is 1.98. The van der Waals surface area contributed by atoms with Gasteiger partial charge in [0.25, 0.3) is 5.91 Å². The molecular weight excluding hydrogens is 346 g/mol. The number of carbonyl (C=O) groups excluding carboxylic acids is 2. The van der Waals surface area contributed by atoms with E-state index in [0.717, 1.165) is 11.3 Å². The molecule has 6 nitrogen and oxygen atoms in total. The standard InChI is InChI=1S/C21H23NO5/c1-4-26-19-10-5-16(6-11-19)7-14-20(23)27-15(2)21(24)22-17-8-12-18(25-3)13-9-17/h5-15H,4H2,1-3H3,(H,22,24)/b14-7+/t15-/m1/s1. The fourth-order valence-electron chi connectivity index (χ4n) is 2.19. The van der Waals surface area contributed by atoms with Crippen LogP contribution in [0.15, 0.2) is 54.6 Å². The number of carbonyl (C=O) groups is 2. The molecule has 2 aromatic rings. The van der Waals surface area contributed by atoms with Crippen LogP contribution in [0, 0.1) is 0 Å². The van der Waals surface area contributed by atoms with Crippen molar-refractivity contribution in [3.63, 3.8) is 0 Å². The van der Waals surface area contributed by atoms with Gasteiger partial charge < -0.3 is 19.5 Å². The minimum Gasteiger partial charge on any atom is -0.497 e. The Morgan fingerprint density at radius 1 is 1.04 bits per heavy atom. The average molecular weight is 369 g/mol. The van der Waals surface area contributed by atoms with Gasteiger partial charge in [-0.05, 0) is 61.9 Å². The lowest BCUT2D eigenvalue weighted by Gasteiger charge is -2.12. The van der Waals surface area contributed by atoms with E-state index in [1.54, 1.807) is 37.5 Å². The Morgan fingerprint density at radius 2 is 1.67 bits per heavy atom. The summed E-state index contributed by atoms with van der Waals surface area (Å²) in [5.41, 5.74) is 1.42. The summed E-state index contributed by atoms with van der Waals surface area (Å²) in [7, 11) is 1.57. The molecule has 0 aliphatic heterocycles. The highest BCUT2D eigenvalue weighted by molar-refractivity contribution is 5.96. The predicted octanol–water partition coefficient (Wildman–Crippen LogP) is 3.68. The Labute approximate surface area is 158 Å². The van der Waals surface area contributed by atoms with E-state index in [1.807, 2.05) is 31.2 Å². The van der Waals surface area contributed by atoms with Gasteiger partial charge in [0.1, 0.15) is 11.5 Å². The highest BCUT2D eigenvalue weighted by Crippen LogP contribution is 2.16. The Morgan fingerprint density at radius 3 is 2.26 bits per heavy atom. The Hall–Kier alpha value is -3.28. The van der Waals surface area contributed by atoms with Gasteiger partial charge in [-0.15, -0.1) is 0 Å². The van der Waals surface area contributed by atoms with Crippen LogP contribution in [0.5, 0.6) is 11.5 Å². The maximum absolute atomic E-state index is 12.1. The van der Waals surface area contributed by atoms with Crippen molar-refractivity contribution in [2.24, 2.45) is 0 Å². The average Bonchev–Trinajstić information content (AvgIpc) is 2.68. The van der Waals surface area contributed by atoms with Gasteiger partial charge in [-0.2, -0.15) is 0 Å². The summed E-state index contributed by atoms with van der Waals surface area (Å²) in [6, 6.07) is 14.2. The molecule has 2 aromatic carbocycles. The van der Waals surface area contributed by atoms with Crippen LogP contribution < -0.4 is 14.8 Å². The molecule has 0 aliphatic rings. The van der Waals surface area contributed by atoms with E-state index < -0.39 is 18.0 Å². The highest BCUT2D eigenvalue weighted by Gasteiger charge is 2.16. The zero-order valence-corrected chi connectivity index (χ0v) is 15.6. The lowest BCUT2D eigenvalue weighted by molar-refractivity contribution is -0.148. The van der Waals surface area contributed by atoms with Crippen molar-refractivity contribution >= 4 is 23.6 Å². The van der Waals surface area contributed by atoms with Gasteiger partial charge in [-0.3, -0.25) is 4.79 Å². The third-order valence-corrected chi connectivity index (χ3v) is 3.62. The Balaban J connectivity index is 1.85. The van der Waals surface area contributed by atoms with Gasteiger partial charge in [0.05, 0.1) is 13.7 Å². The first-order valence-electron chi connectivity index (χ1n) is 8.58. The van der Waals surface area contributed by atoms with E-state index in [0.29, 0.717) is 18.0 Å². The summed E-state index contributed by atoms with van der Waals surface area (Å²) in [6.45, 7) is 4.02. The van der Waals surface area contributed by atoms with Gasteiger partial charge in [-0.25, -0.2) is 4.79 Å². The maximum atomic E-state index is 12.1. The Bertz CT molecular complexity index is 781. The monoisotopic (exact) mass is 369 g/mol. The van der Waals surface area contributed by atoms with Crippen molar-refractivity contribution in [1.29, 1.82) is 0 Å². The van der Waals surface area contributed by atoms with E-state index in [1.165, 1.54) is 13.0 Å². The van der Waals surface area contributed by atoms with E-state index in [9.17, 15) is 9.59 Å². The molecule has 0 heterocycles. The van der Waals surface area contributed by atoms with Gasteiger partial charge in [-0.1, -0.05) is 12.1 Å². The number of ether oxygens (including phenoxy) is 3. The normalized spacial score (nSPS) is 11.7. The van der Waals surface area contributed by atoms with Crippen LogP contribution in [-0.4, -0.2) is 31.7 Å². The SMILES string of the molecule is CCOc1ccc(/C=C/C(=O)O[C@H](C)C(=O)Nc2ccc(OC)cc2)cc1. The van der Waals surface area contributed by atoms with Gasteiger partial charge >= 0.3 is 5.97 Å². The fraction of sp³-hybridized carbons (Fsp3) is 0.238. The molecule has 0 radical (unpaired) electrons. The molecule has 0 unspecified atom stereocenters. The molecule has 142 valence electrons. The maximum Gasteiger partial charge on any atom is 0.331 e. The second kappa shape index (κ2) is 10.0. The fourth-order valence-corrected chi connectivity index (χ4v) is 2.19. The topological polar surface area (TPSA) is 73.9 Å². The molecule has 0 fully saturated rings. The van der Waals surface area contributed by atoms with Crippen molar-refractivity contribution in [3.05, 3.63) is 60.2 Å². The van der Waals surface area contributed by atoms with E-state index >= 15 is 0 Å². The third kappa shape index (κ3) is 6.51. The minimum absolute atomic E-state index is 0.414. The first-order valence-corrected chi connectivity index (χ1v) is 8.58. The van der Waals surface area contributed by atoms with Crippen molar-refractivity contribution in [2.75, 3.05) is 19.0 Å². The van der Waals surface area contributed by atoms with Gasteiger partial charge in [0.2, 0.25) is 0 Å². The first kappa shape index (κ1) is 20.0. The number of nitrogens with one attached hydrogen (secondary N) is 1. The lowest BCUT2D eigenvalue weighted by atomic mass is 10.2. The number of hydrogen-bond donors (Lipinski definition) is 1. The largest absolute Gasteiger partial charge is 0.497 e. The molecule has 0 saturated heterocycles. The zero-order valence-electron chi connectivity index (χ0n) is 15.6. The lowest BCUT2D eigenvalue weighted by Crippen LogP contribution is -2.29. The molecule has 1 amide bonds. The van der Waals surface area contributed by atoms with Gasteiger partial charge in [0, 0.05) is 11.8 Å². The van der Waals surface area contributed by atoms with Crippen LogP contribution in [0.1, 0.15) is 19.4 Å².